The van der Waals surface area contributed by atoms with Crippen molar-refractivity contribution in [3.63, 3.8) is 0 Å². The van der Waals surface area contributed by atoms with Gasteiger partial charge in [0.1, 0.15) is 17.2 Å². The zero-order chi connectivity index (χ0) is 21.0. The topological polar surface area (TPSA) is 40.2 Å². The molecule has 2 unspecified atom stereocenters. The number of methoxy groups -OCH3 is 3. The lowest BCUT2D eigenvalue weighted by atomic mass is 10.0. The van der Waals surface area contributed by atoms with Crippen molar-refractivity contribution in [2.45, 2.75) is 31.5 Å². The van der Waals surface area contributed by atoms with Gasteiger partial charge in [-0.1, -0.05) is 18.2 Å². The number of ether oxygens (including phenoxy) is 4. The minimum atomic E-state index is -4.70. The van der Waals surface area contributed by atoms with Crippen LogP contribution in [0.25, 0.3) is 0 Å². The van der Waals surface area contributed by atoms with Crippen LogP contribution in [-0.4, -0.2) is 45.2 Å². The zero-order valence-corrected chi connectivity index (χ0v) is 16.5. The van der Waals surface area contributed by atoms with Crippen LogP contribution in [0.4, 0.5) is 13.2 Å². The minimum absolute atomic E-state index is 0.0165. The van der Waals surface area contributed by atoms with Crippen molar-refractivity contribution in [3.05, 3.63) is 53.6 Å². The Bertz CT molecular complexity index is 788. The molecule has 5 nitrogen and oxygen atoms in total. The number of likely N-dealkylation sites (tertiary alicyclic amines) is 1. The second kappa shape index (κ2) is 8.92. The summed E-state index contributed by atoms with van der Waals surface area (Å²) in [6.45, 7) is 1.22. The molecule has 0 amide bonds. The molecule has 1 heterocycles. The highest BCUT2D eigenvalue weighted by atomic mass is 19.4. The van der Waals surface area contributed by atoms with Gasteiger partial charge in [0.2, 0.25) is 0 Å². The molecule has 0 spiro atoms. The molecule has 29 heavy (non-hydrogen) atoms. The van der Waals surface area contributed by atoms with E-state index in [1.807, 2.05) is 18.2 Å². The lowest BCUT2D eigenvalue weighted by Gasteiger charge is -2.27. The van der Waals surface area contributed by atoms with Crippen LogP contribution in [0.15, 0.2) is 42.5 Å². The lowest BCUT2D eigenvalue weighted by molar-refractivity contribution is -0.274. The van der Waals surface area contributed by atoms with E-state index >= 15 is 0 Å². The zero-order valence-electron chi connectivity index (χ0n) is 16.5. The maximum Gasteiger partial charge on any atom is 0.573 e. The third-order valence-electron chi connectivity index (χ3n) is 5.04. The molecule has 0 N–H and O–H groups in total. The molecule has 0 aliphatic carbocycles. The molecule has 2 aromatic carbocycles. The molecule has 0 bridgehead atoms. The number of alkyl halides is 3. The monoisotopic (exact) mass is 411 g/mol. The largest absolute Gasteiger partial charge is 0.573 e. The van der Waals surface area contributed by atoms with Crippen molar-refractivity contribution in [3.8, 4) is 17.2 Å². The Morgan fingerprint density at radius 2 is 1.59 bits per heavy atom. The number of hydrogen-bond acceptors (Lipinski definition) is 5. The Labute approximate surface area is 167 Å². The molecule has 1 aliphatic rings. The SMILES string of the molecule is COc1cccc(OC)c1C1CC(OC)CN1Cc1ccc(OC(F)(F)F)cc1. The van der Waals surface area contributed by atoms with E-state index in [0.717, 1.165) is 29.0 Å². The number of benzene rings is 2. The molecule has 3 rings (SSSR count). The smallest absolute Gasteiger partial charge is 0.496 e. The molecule has 0 aromatic heterocycles. The van der Waals surface area contributed by atoms with E-state index < -0.39 is 6.36 Å². The van der Waals surface area contributed by atoms with E-state index in [2.05, 4.69) is 9.64 Å². The number of halogens is 3. The van der Waals surface area contributed by atoms with Crippen molar-refractivity contribution in [1.82, 2.24) is 4.90 Å². The summed E-state index contributed by atoms with van der Waals surface area (Å²) in [4.78, 5) is 2.22. The molecule has 1 aliphatic heterocycles. The first kappa shape index (κ1) is 21.3. The van der Waals surface area contributed by atoms with E-state index in [1.54, 1.807) is 33.5 Å². The second-order valence-electron chi connectivity index (χ2n) is 6.81. The van der Waals surface area contributed by atoms with Crippen LogP contribution >= 0.6 is 0 Å². The number of hydrogen-bond donors (Lipinski definition) is 0. The molecular formula is C21H24F3NO4. The Morgan fingerprint density at radius 3 is 2.10 bits per heavy atom. The van der Waals surface area contributed by atoms with Crippen molar-refractivity contribution in [2.24, 2.45) is 0 Å². The van der Waals surface area contributed by atoms with Gasteiger partial charge in [-0.05, 0) is 36.2 Å². The summed E-state index contributed by atoms with van der Waals surface area (Å²) in [6, 6.07) is 11.6. The standard InChI is InChI=1S/C21H24F3NO4/c1-26-16-11-17(20-18(27-2)5-4-6-19(20)28-3)25(13-16)12-14-7-9-15(10-8-14)29-21(22,23)24/h4-10,16-17H,11-13H2,1-3H3. The van der Waals surface area contributed by atoms with Gasteiger partial charge in [-0.2, -0.15) is 0 Å². The van der Waals surface area contributed by atoms with Gasteiger partial charge in [0.05, 0.1) is 25.9 Å². The first-order chi connectivity index (χ1) is 13.8. The molecule has 8 heteroatoms. The lowest BCUT2D eigenvalue weighted by Crippen LogP contribution is -2.25. The molecule has 1 saturated heterocycles. The summed E-state index contributed by atoms with van der Waals surface area (Å²) in [6.07, 6.45) is -3.92. The molecule has 0 saturated carbocycles. The van der Waals surface area contributed by atoms with Gasteiger partial charge in [-0.15, -0.1) is 13.2 Å². The fraction of sp³-hybridized carbons (Fsp3) is 0.429. The van der Waals surface area contributed by atoms with Gasteiger partial charge in [-0.3, -0.25) is 4.90 Å². The average molecular weight is 411 g/mol. The van der Waals surface area contributed by atoms with E-state index in [-0.39, 0.29) is 17.9 Å². The van der Waals surface area contributed by atoms with Crippen LogP contribution in [0.1, 0.15) is 23.6 Å². The van der Waals surface area contributed by atoms with E-state index in [0.29, 0.717) is 13.1 Å². The van der Waals surface area contributed by atoms with Crippen molar-refractivity contribution < 1.29 is 32.1 Å². The Hall–Kier alpha value is -2.45. The molecule has 2 atom stereocenters. The maximum absolute atomic E-state index is 12.4. The second-order valence-corrected chi connectivity index (χ2v) is 6.81. The van der Waals surface area contributed by atoms with Gasteiger partial charge in [-0.25, -0.2) is 0 Å². The first-order valence-electron chi connectivity index (χ1n) is 9.17. The highest BCUT2D eigenvalue weighted by molar-refractivity contribution is 5.47. The molecule has 0 radical (unpaired) electrons. The predicted molar refractivity (Wildman–Crippen MR) is 101 cm³/mol. The highest BCUT2D eigenvalue weighted by Crippen LogP contribution is 2.43. The van der Waals surface area contributed by atoms with Crippen molar-refractivity contribution >= 4 is 0 Å². The molecular weight excluding hydrogens is 387 g/mol. The highest BCUT2D eigenvalue weighted by Gasteiger charge is 2.36. The van der Waals surface area contributed by atoms with E-state index in [1.165, 1.54) is 12.1 Å². The van der Waals surface area contributed by atoms with Crippen LogP contribution < -0.4 is 14.2 Å². The fourth-order valence-corrected chi connectivity index (χ4v) is 3.75. The van der Waals surface area contributed by atoms with Gasteiger partial charge >= 0.3 is 6.36 Å². The Kier molecular flexibility index (Phi) is 6.54. The number of rotatable bonds is 7. The van der Waals surface area contributed by atoms with Gasteiger partial charge in [0.25, 0.3) is 0 Å². The summed E-state index contributed by atoms with van der Waals surface area (Å²) in [5.41, 5.74) is 1.81. The normalized spacial score (nSPS) is 19.9. The van der Waals surface area contributed by atoms with E-state index in [4.69, 9.17) is 14.2 Å². The van der Waals surface area contributed by atoms with Crippen LogP contribution in [0.2, 0.25) is 0 Å². The summed E-state index contributed by atoms with van der Waals surface area (Å²) in [5, 5.41) is 0. The van der Waals surface area contributed by atoms with Crippen molar-refractivity contribution in [1.29, 1.82) is 0 Å². The van der Waals surface area contributed by atoms with Crippen LogP contribution in [0.5, 0.6) is 17.2 Å². The van der Waals surface area contributed by atoms with Gasteiger partial charge < -0.3 is 18.9 Å². The molecule has 1 fully saturated rings. The average Bonchev–Trinajstić information content (AvgIpc) is 3.10. The number of nitrogens with zero attached hydrogens (tertiary/aromatic N) is 1. The summed E-state index contributed by atoms with van der Waals surface area (Å²) in [5.74, 6) is 1.22. The summed E-state index contributed by atoms with van der Waals surface area (Å²) in [7, 11) is 4.91. The van der Waals surface area contributed by atoms with Crippen molar-refractivity contribution in [2.75, 3.05) is 27.9 Å². The first-order valence-corrected chi connectivity index (χ1v) is 9.17. The third-order valence-corrected chi connectivity index (χ3v) is 5.04. The summed E-state index contributed by atoms with van der Waals surface area (Å²) >= 11 is 0. The Balaban J connectivity index is 1.84. The van der Waals surface area contributed by atoms with Crippen LogP contribution in [-0.2, 0) is 11.3 Å². The maximum atomic E-state index is 12.4. The fourth-order valence-electron chi connectivity index (χ4n) is 3.75. The van der Waals surface area contributed by atoms with Crippen LogP contribution in [0, 0.1) is 0 Å². The van der Waals surface area contributed by atoms with Crippen LogP contribution in [0.3, 0.4) is 0 Å². The third kappa shape index (κ3) is 5.13. The van der Waals surface area contributed by atoms with E-state index in [9.17, 15) is 13.2 Å². The predicted octanol–water partition coefficient (Wildman–Crippen LogP) is 4.56. The quantitative estimate of drug-likeness (QED) is 0.668. The van der Waals surface area contributed by atoms with Gasteiger partial charge in [0, 0.05) is 26.2 Å². The molecule has 158 valence electrons. The minimum Gasteiger partial charge on any atom is -0.496 e. The van der Waals surface area contributed by atoms with Gasteiger partial charge in [0.15, 0.2) is 0 Å². The Morgan fingerprint density at radius 1 is 0.966 bits per heavy atom. The molecule has 2 aromatic rings. The summed E-state index contributed by atoms with van der Waals surface area (Å²) < 4.78 is 57.7.